The number of carbonyl (C=O) groups is 1. The molecule has 3 aromatic rings. The number of anilines is 1. The van der Waals surface area contributed by atoms with Gasteiger partial charge in [0.1, 0.15) is 23.2 Å². The third kappa shape index (κ3) is 8.68. The minimum absolute atomic E-state index is 0.0351. The molecule has 4 rings (SSSR count). The van der Waals surface area contributed by atoms with Gasteiger partial charge >= 0.3 is 0 Å². The number of hydrogen-bond acceptors (Lipinski definition) is 7. The third-order valence-corrected chi connectivity index (χ3v) is 7.39. The number of nitrogens with zero attached hydrogens (tertiary/aromatic N) is 2. The van der Waals surface area contributed by atoms with Crippen LogP contribution in [-0.4, -0.2) is 67.9 Å². The maximum atomic E-state index is 13.1. The van der Waals surface area contributed by atoms with Gasteiger partial charge in [0.05, 0.1) is 18.8 Å². The predicted molar refractivity (Wildman–Crippen MR) is 168 cm³/mol. The van der Waals surface area contributed by atoms with E-state index in [-0.39, 0.29) is 11.2 Å². The number of benzene rings is 2. The zero-order valence-electron chi connectivity index (χ0n) is 25.8. The van der Waals surface area contributed by atoms with Crippen molar-refractivity contribution in [3.63, 3.8) is 0 Å². The lowest BCUT2D eigenvalue weighted by Gasteiger charge is -2.28. The van der Waals surface area contributed by atoms with Gasteiger partial charge in [0.15, 0.2) is 0 Å². The van der Waals surface area contributed by atoms with Gasteiger partial charge in [-0.2, -0.15) is 5.26 Å². The summed E-state index contributed by atoms with van der Waals surface area (Å²) in [6.07, 6.45) is 0.618. The molecule has 2 N–H and O–H groups in total. The van der Waals surface area contributed by atoms with Gasteiger partial charge in [-0.3, -0.25) is 9.69 Å². The number of ether oxygens (including phenoxy) is 2. The molecule has 0 aliphatic carbocycles. The van der Waals surface area contributed by atoms with E-state index in [4.69, 9.17) is 13.9 Å². The second kappa shape index (κ2) is 13.6. The quantitative estimate of drug-likeness (QED) is 0.207. The number of allylic oxidation sites excluding steroid dienone is 1. The van der Waals surface area contributed by atoms with Gasteiger partial charge in [-0.25, -0.2) is 0 Å². The molecule has 0 spiro atoms. The Morgan fingerprint density at radius 1 is 1.02 bits per heavy atom. The number of amides is 1. The Bertz CT molecular complexity index is 1450. The van der Waals surface area contributed by atoms with E-state index in [1.54, 1.807) is 6.92 Å². The highest BCUT2D eigenvalue weighted by molar-refractivity contribution is 6.04. The van der Waals surface area contributed by atoms with Crippen molar-refractivity contribution in [2.45, 2.75) is 59.1 Å². The summed E-state index contributed by atoms with van der Waals surface area (Å²) in [5.74, 6) is 0.746. The number of hydrogen-bond donors (Lipinski definition) is 2. The summed E-state index contributed by atoms with van der Waals surface area (Å²) in [5.41, 5.74) is 1.76. The molecule has 1 amide bonds. The van der Waals surface area contributed by atoms with Crippen molar-refractivity contribution < 1.29 is 18.7 Å². The first-order valence-electron chi connectivity index (χ1n) is 14.7. The topological polar surface area (TPSA) is 99.8 Å². The number of fused-ring (bicyclic) bond motifs is 1. The van der Waals surface area contributed by atoms with Crippen molar-refractivity contribution >= 4 is 27.9 Å². The van der Waals surface area contributed by atoms with E-state index in [1.165, 1.54) is 0 Å². The maximum absolute atomic E-state index is 13.1. The van der Waals surface area contributed by atoms with Crippen LogP contribution < -0.4 is 10.6 Å². The van der Waals surface area contributed by atoms with Gasteiger partial charge in [0.25, 0.3) is 5.91 Å². The molecule has 1 aliphatic rings. The molecule has 1 saturated heterocycles. The SMILES string of the molecule is C/C(=C(/C#N)C(=O)NC(C)(C)CCOC(C)(C)C)c1ccc(-c2ccc3cc(NCCN4CCOCC4)ccc3c2)o1. The van der Waals surface area contributed by atoms with Gasteiger partial charge in [-0.15, -0.1) is 0 Å². The highest BCUT2D eigenvalue weighted by atomic mass is 16.5. The Morgan fingerprint density at radius 3 is 2.45 bits per heavy atom. The fourth-order valence-corrected chi connectivity index (χ4v) is 4.86. The van der Waals surface area contributed by atoms with Crippen LogP contribution >= 0.6 is 0 Å². The van der Waals surface area contributed by atoms with Crippen LogP contribution in [0.1, 0.15) is 53.7 Å². The summed E-state index contributed by atoms with van der Waals surface area (Å²) in [7, 11) is 0. The number of nitrogens with one attached hydrogen (secondary N) is 2. The minimum Gasteiger partial charge on any atom is -0.456 e. The van der Waals surface area contributed by atoms with E-state index in [2.05, 4.69) is 51.9 Å². The molecule has 1 fully saturated rings. The van der Waals surface area contributed by atoms with E-state index >= 15 is 0 Å². The fourth-order valence-electron chi connectivity index (χ4n) is 4.86. The Hall–Kier alpha value is -3.64. The second-order valence-electron chi connectivity index (χ2n) is 12.5. The second-order valence-corrected chi connectivity index (χ2v) is 12.5. The molecule has 1 aromatic heterocycles. The molecule has 0 atom stereocenters. The Labute approximate surface area is 249 Å². The first-order chi connectivity index (χ1) is 19.9. The van der Waals surface area contributed by atoms with Gasteiger partial charge in [0.2, 0.25) is 0 Å². The molecule has 0 unspecified atom stereocenters. The molecule has 2 heterocycles. The van der Waals surface area contributed by atoms with Gasteiger partial charge < -0.3 is 24.5 Å². The average Bonchev–Trinajstić information content (AvgIpc) is 3.43. The summed E-state index contributed by atoms with van der Waals surface area (Å²) in [6, 6.07) is 18.3. The van der Waals surface area contributed by atoms with Crippen LogP contribution in [0.15, 0.2) is 58.5 Å². The molecular weight excluding hydrogens is 528 g/mol. The van der Waals surface area contributed by atoms with Gasteiger partial charge in [-0.1, -0.05) is 18.2 Å². The van der Waals surface area contributed by atoms with E-state index in [9.17, 15) is 10.1 Å². The first-order valence-corrected chi connectivity index (χ1v) is 14.7. The van der Waals surface area contributed by atoms with Crippen molar-refractivity contribution in [2.24, 2.45) is 0 Å². The van der Waals surface area contributed by atoms with Crippen LogP contribution in [0.25, 0.3) is 27.7 Å². The zero-order valence-corrected chi connectivity index (χ0v) is 25.8. The van der Waals surface area contributed by atoms with Crippen molar-refractivity contribution in [3.05, 3.63) is 59.9 Å². The smallest absolute Gasteiger partial charge is 0.262 e. The normalized spacial score (nSPS) is 15.3. The van der Waals surface area contributed by atoms with Crippen LogP contribution in [0.4, 0.5) is 5.69 Å². The van der Waals surface area contributed by atoms with Crippen molar-refractivity contribution in [1.29, 1.82) is 5.26 Å². The zero-order chi connectivity index (χ0) is 30.3. The Kier molecular flexibility index (Phi) is 10.1. The van der Waals surface area contributed by atoms with Crippen LogP contribution in [0.3, 0.4) is 0 Å². The molecule has 224 valence electrons. The Balaban J connectivity index is 1.41. The van der Waals surface area contributed by atoms with Gasteiger partial charge in [0, 0.05) is 55.1 Å². The summed E-state index contributed by atoms with van der Waals surface area (Å²) in [6.45, 7) is 17.6. The van der Waals surface area contributed by atoms with Crippen molar-refractivity contribution in [2.75, 3.05) is 51.3 Å². The lowest BCUT2D eigenvalue weighted by molar-refractivity contribution is -0.118. The van der Waals surface area contributed by atoms with Crippen LogP contribution in [0, 0.1) is 11.3 Å². The van der Waals surface area contributed by atoms with E-state index < -0.39 is 11.4 Å². The summed E-state index contributed by atoms with van der Waals surface area (Å²) >= 11 is 0. The summed E-state index contributed by atoms with van der Waals surface area (Å²) in [4.78, 5) is 15.5. The molecule has 0 radical (unpaired) electrons. The number of nitriles is 1. The Morgan fingerprint density at radius 2 is 1.74 bits per heavy atom. The molecule has 42 heavy (non-hydrogen) atoms. The monoisotopic (exact) mass is 572 g/mol. The molecule has 0 saturated carbocycles. The number of furan rings is 1. The first kappa shape index (κ1) is 31.3. The third-order valence-electron chi connectivity index (χ3n) is 7.39. The molecule has 2 aromatic carbocycles. The largest absolute Gasteiger partial charge is 0.456 e. The predicted octanol–water partition coefficient (Wildman–Crippen LogP) is 6.24. The van der Waals surface area contributed by atoms with Crippen LogP contribution in [0.5, 0.6) is 0 Å². The molecule has 0 bridgehead atoms. The number of rotatable bonds is 11. The van der Waals surface area contributed by atoms with E-state index in [0.29, 0.717) is 30.1 Å². The lowest BCUT2D eigenvalue weighted by atomic mass is 9.99. The fraction of sp³-hybridized carbons (Fsp3) is 0.471. The number of morpholine rings is 1. The minimum atomic E-state index is -0.539. The molecular formula is C34H44N4O4. The summed E-state index contributed by atoms with van der Waals surface area (Å²) in [5, 5.41) is 18.6. The van der Waals surface area contributed by atoms with Crippen molar-refractivity contribution in [1.82, 2.24) is 10.2 Å². The van der Waals surface area contributed by atoms with Crippen molar-refractivity contribution in [3.8, 4) is 17.4 Å². The van der Waals surface area contributed by atoms with E-state index in [1.807, 2.05) is 52.8 Å². The summed E-state index contributed by atoms with van der Waals surface area (Å²) < 4.78 is 17.4. The standard InChI is InChI=1S/C34H44N4O4/c1-24(29(23-35)32(39)37-34(5,6)13-18-41-33(2,3)4)30-11-12-31(42-30)27-8-7-26-22-28(10-9-25(26)21-27)36-14-15-38-16-19-40-20-17-38/h7-12,21-22,36H,13-20H2,1-6H3,(H,37,39)/b29-24+. The number of carbonyl (C=O) groups excluding carboxylic acids is 1. The van der Waals surface area contributed by atoms with E-state index in [0.717, 1.165) is 61.4 Å². The highest BCUT2D eigenvalue weighted by Crippen LogP contribution is 2.30. The van der Waals surface area contributed by atoms with Gasteiger partial charge in [-0.05, 0) is 89.1 Å². The maximum Gasteiger partial charge on any atom is 0.262 e. The average molecular weight is 573 g/mol. The molecule has 8 nitrogen and oxygen atoms in total. The highest BCUT2D eigenvalue weighted by Gasteiger charge is 2.25. The molecule has 8 heteroatoms. The lowest BCUT2D eigenvalue weighted by Crippen LogP contribution is -2.45. The van der Waals surface area contributed by atoms with Crippen LogP contribution in [-0.2, 0) is 14.3 Å². The van der Waals surface area contributed by atoms with Crippen LogP contribution in [0.2, 0.25) is 0 Å². The molecule has 1 aliphatic heterocycles.